The molecule has 1 unspecified atom stereocenters. The predicted molar refractivity (Wildman–Crippen MR) is 78.4 cm³/mol. The molecule has 2 aromatic rings. The first kappa shape index (κ1) is 13.9. The molecule has 0 amide bonds. The van der Waals surface area contributed by atoms with Gasteiger partial charge in [-0.1, -0.05) is 24.3 Å². The van der Waals surface area contributed by atoms with Crippen LogP contribution in [0.2, 0.25) is 0 Å². The van der Waals surface area contributed by atoms with Crippen LogP contribution in [0.5, 0.6) is 5.75 Å². The Labute approximate surface area is 118 Å². The summed E-state index contributed by atoms with van der Waals surface area (Å²) in [6, 6.07) is 14.5. The molecule has 2 aromatic carbocycles. The number of ether oxygens (including phenoxy) is 1. The van der Waals surface area contributed by atoms with E-state index in [-0.39, 0.29) is 11.6 Å². The van der Waals surface area contributed by atoms with E-state index in [2.05, 4.69) is 5.32 Å². The van der Waals surface area contributed by atoms with Crippen molar-refractivity contribution in [1.29, 1.82) is 0 Å². The summed E-state index contributed by atoms with van der Waals surface area (Å²) in [6.45, 7) is 1.98. The Morgan fingerprint density at radius 3 is 2.65 bits per heavy atom. The number of hydrogen-bond donors (Lipinski definition) is 2. The summed E-state index contributed by atoms with van der Waals surface area (Å²) in [4.78, 5) is 11.2. The van der Waals surface area contributed by atoms with E-state index in [1.807, 2.05) is 37.3 Å². The molecule has 0 aliphatic carbocycles. The van der Waals surface area contributed by atoms with E-state index in [9.17, 15) is 9.90 Å². The highest BCUT2D eigenvalue weighted by molar-refractivity contribution is 5.94. The van der Waals surface area contributed by atoms with Gasteiger partial charge in [-0.15, -0.1) is 0 Å². The molecule has 0 saturated carbocycles. The van der Waals surface area contributed by atoms with Crippen LogP contribution in [0.1, 0.15) is 28.9 Å². The normalized spacial score (nSPS) is 11.7. The SMILES string of the molecule is COc1cccc(C(C)Nc2ccccc2C(=O)O)c1. The van der Waals surface area contributed by atoms with Crippen molar-refractivity contribution in [3.63, 3.8) is 0 Å². The van der Waals surface area contributed by atoms with Crippen LogP contribution in [0.25, 0.3) is 0 Å². The summed E-state index contributed by atoms with van der Waals surface area (Å²) in [6.07, 6.45) is 0. The third-order valence-electron chi connectivity index (χ3n) is 3.12. The summed E-state index contributed by atoms with van der Waals surface area (Å²) in [5.74, 6) is -0.159. The van der Waals surface area contributed by atoms with E-state index in [0.29, 0.717) is 5.69 Å². The second-order valence-corrected chi connectivity index (χ2v) is 4.49. The summed E-state index contributed by atoms with van der Waals surface area (Å²) < 4.78 is 5.20. The lowest BCUT2D eigenvalue weighted by molar-refractivity contribution is 0.0698. The van der Waals surface area contributed by atoms with E-state index in [1.165, 1.54) is 0 Å². The minimum absolute atomic E-state index is 0.0226. The van der Waals surface area contributed by atoms with E-state index < -0.39 is 5.97 Å². The molecule has 2 rings (SSSR count). The van der Waals surface area contributed by atoms with Gasteiger partial charge in [-0.05, 0) is 36.8 Å². The Bertz CT molecular complexity index is 610. The summed E-state index contributed by atoms with van der Waals surface area (Å²) >= 11 is 0. The maximum atomic E-state index is 11.2. The quantitative estimate of drug-likeness (QED) is 0.872. The molecule has 1 atom stereocenters. The van der Waals surface area contributed by atoms with Gasteiger partial charge in [0.05, 0.1) is 12.7 Å². The molecule has 0 aliphatic heterocycles. The first-order valence-corrected chi connectivity index (χ1v) is 6.34. The summed E-state index contributed by atoms with van der Waals surface area (Å²) in [5.41, 5.74) is 1.90. The molecular weight excluding hydrogens is 254 g/mol. The molecule has 20 heavy (non-hydrogen) atoms. The number of benzene rings is 2. The van der Waals surface area contributed by atoms with Crippen LogP contribution in [0.4, 0.5) is 5.69 Å². The molecule has 0 radical (unpaired) electrons. The summed E-state index contributed by atoms with van der Waals surface area (Å²) in [5, 5.41) is 12.4. The fraction of sp³-hybridized carbons (Fsp3) is 0.188. The Kier molecular flexibility index (Phi) is 4.25. The minimum Gasteiger partial charge on any atom is -0.497 e. The standard InChI is InChI=1S/C16H17NO3/c1-11(12-6-5-7-13(10-12)20-2)17-15-9-4-3-8-14(15)16(18)19/h3-11,17H,1-2H3,(H,18,19). The molecule has 0 aliphatic rings. The van der Waals surface area contributed by atoms with Crippen LogP contribution >= 0.6 is 0 Å². The predicted octanol–water partition coefficient (Wildman–Crippen LogP) is 3.57. The largest absolute Gasteiger partial charge is 0.497 e. The van der Waals surface area contributed by atoms with Crippen molar-refractivity contribution in [2.75, 3.05) is 12.4 Å². The van der Waals surface area contributed by atoms with Gasteiger partial charge >= 0.3 is 5.97 Å². The number of nitrogens with one attached hydrogen (secondary N) is 1. The van der Waals surface area contributed by atoms with E-state index >= 15 is 0 Å². The molecule has 0 aromatic heterocycles. The molecule has 104 valence electrons. The lowest BCUT2D eigenvalue weighted by atomic mass is 10.1. The van der Waals surface area contributed by atoms with Gasteiger partial charge in [-0.3, -0.25) is 0 Å². The average Bonchev–Trinajstić information content (AvgIpc) is 2.47. The van der Waals surface area contributed by atoms with E-state index in [0.717, 1.165) is 11.3 Å². The number of para-hydroxylation sites is 1. The van der Waals surface area contributed by atoms with Crippen LogP contribution in [0.15, 0.2) is 48.5 Å². The van der Waals surface area contributed by atoms with Crippen molar-refractivity contribution in [3.8, 4) is 5.75 Å². The van der Waals surface area contributed by atoms with Gasteiger partial charge in [0.1, 0.15) is 5.75 Å². The Balaban J connectivity index is 2.23. The van der Waals surface area contributed by atoms with Gasteiger partial charge in [0, 0.05) is 11.7 Å². The van der Waals surface area contributed by atoms with Crippen LogP contribution < -0.4 is 10.1 Å². The van der Waals surface area contributed by atoms with Crippen LogP contribution in [0.3, 0.4) is 0 Å². The molecule has 0 fully saturated rings. The fourth-order valence-electron chi connectivity index (χ4n) is 2.02. The molecular formula is C16H17NO3. The van der Waals surface area contributed by atoms with Crippen molar-refractivity contribution < 1.29 is 14.6 Å². The van der Waals surface area contributed by atoms with Crippen molar-refractivity contribution >= 4 is 11.7 Å². The zero-order valence-corrected chi connectivity index (χ0v) is 11.5. The Hall–Kier alpha value is -2.49. The van der Waals surface area contributed by atoms with Crippen molar-refractivity contribution in [2.24, 2.45) is 0 Å². The molecule has 0 spiro atoms. The number of methoxy groups -OCH3 is 1. The van der Waals surface area contributed by atoms with Crippen molar-refractivity contribution in [1.82, 2.24) is 0 Å². The van der Waals surface area contributed by atoms with E-state index in [1.54, 1.807) is 25.3 Å². The van der Waals surface area contributed by atoms with E-state index in [4.69, 9.17) is 4.74 Å². The average molecular weight is 271 g/mol. The number of carboxylic acid groups (broad SMARTS) is 1. The maximum absolute atomic E-state index is 11.2. The topological polar surface area (TPSA) is 58.6 Å². The number of aromatic carboxylic acids is 1. The molecule has 4 heteroatoms. The molecule has 0 heterocycles. The van der Waals surface area contributed by atoms with Crippen LogP contribution in [0, 0.1) is 0 Å². The lowest BCUT2D eigenvalue weighted by Gasteiger charge is -2.17. The highest BCUT2D eigenvalue weighted by atomic mass is 16.5. The highest BCUT2D eigenvalue weighted by Crippen LogP contribution is 2.24. The molecule has 4 nitrogen and oxygen atoms in total. The summed E-state index contributed by atoms with van der Waals surface area (Å²) in [7, 11) is 1.62. The van der Waals surface area contributed by atoms with Gasteiger partial charge in [-0.25, -0.2) is 4.79 Å². The number of carboxylic acids is 1. The number of carbonyl (C=O) groups is 1. The number of anilines is 1. The van der Waals surface area contributed by atoms with Gasteiger partial charge in [0.25, 0.3) is 0 Å². The molecule has 0 saturated heterocycles. The zero-order valence-electron chi connectivity index (χ0n) is 11.5. The van der Waals surface area contributed by atoms with Gasteiger partial charge < -0.3 is 15.2 Å². The number of hydrogen-bond acceptors (Lipinski definition) is 3. The molecule has 0 bridgehead atoms. The Morgan fingerprint density at radius 1 is 1.20 bits per heavy atom. The van der Waals surface area contributed by atoms with Gasteiger partial charge in [-0.2, -0.15) is 0 Å². The first-order chi connectivity index (χ1) is 9.61. The van der Waals surface area contributed by atoms with Crippen LogP contribution in [-0.4, -0.2) is 18.2 Å². The monoisotopic (exact) mass is 271 g/mol. The zero-order chi connectivity index (χ0) is 14.5. The van der Waals surface area contributed by atoms with Gasteiger partial charge in [0.2, 0.25) is 0 Å². The first-order valence-electron chi connectivity index (χ1n) is 6.34. The second-order valence-electron chi connectivity index (χ2n) is 4.49. The highest BCUT2D eigenvalue weighted by Gasteiger charge is 2.12. The van der Waals surface area contributed by atoms with Crippen molar-refractivity contribution in [3.05, 3.63) is 59.7 Å². The minimum atomic E-state index is -0.939. The van der Waals surface area contributed by atoms with Crippen molar-refractivity contribution in [2.45, 2.75) is 13.0 Å². The third kappa shape index (κ3) is 3.09. The molecule has 2 N–H and O–H groups in total. The fourth-order valence-corrected chi connectivity index (χ4v) is 2.02. The number of rotatable bonds is 5. The van der Waals surface area contributed by atoms with Gasteiger partial charge in [0.15, 0.2) is 0 Å². The third-order valence-corrected chi connectivity index (χ3v) is 3.12. The lowest BCUT2D eigenvalue weighted by Crippen LogP contribution is -2.10. The Morgan fingerprint density at radius 2 is 1.95 bits per heavy atom. The van der Waals surface area contributed by atoms with Crippen LogP contribution in [-0.2, 0) is 0 Å². The smallest absolute Gasteiger partial charge is 0.337 e. The maximum Gasteiger partial charge on any atom is 0.337 e. The second kappa shape index (κ2) is 6.10.